The fraction of sp³-hybridized carbons (Fsp3) is 0.375. The maximum Gasteiger partial charge on any atom is 0.337 e. The molecule has 0 radical (unpaired) electrons. The number of pyridine rings is 1. The van der Waals surface area contributed by atoms with E-state index < -0.39 is 5.97 Å². The van der Waals surface area contributed by atoms with Crippen LogP contribution in [0.15, 0.2) is 30.5 Å². The minimum atomic E-state index is -0.961. The molecule has 1 aromatic heterocycles. The van der Waals surface area contributed by atoms with Crippen LogP contribution in [0.5, 0.6) is 0 Å². The van der Waals surface area contributed by atoms with Crippen LogP contribution in [-0.2, 0) is 4.74 Å². The van der Waals surface area contributed by atoms with Gasteiger partial charge in [0.1, 0.15) is 5.82 Å². The van der Waals surface area contributed by atoms with E-state index in [0.717, 1.165) is 24.8 Å². The summed E-state index contributed by atoms with van der Waals surface area (Å²) < 4.78 is 5.68. The second-order valence-corrected chi connectivity index (χ2v) is 5.36. The number of carboxylic acids is 1. The Morgan fingerprint density at radius 3 is 2.86 bits per heavy atom. The Morgan fingerprint density at radius 1 is 1.43 bits per heavy atom. The van der Waals surface area contributed by atoms with Crippen LogP contribution in [0.25, 0.3) is 10.8 Å². The van der Waals surface area contributed by atoms with Gasteiger partial charge in [-0.2, -0.15) is 0 Å². The van der Waals surface area contributed by atoms with E-state index in [2.05, 4.69) is 17.2 Å². The van der Waals surface area contributed by atoms with Gasteiger partial charge < -0.3 is 15.2 Å². The highest BCUT2D eigenvalue weighted by atomic mass is 16.5. The molecule has 110 valence electrons. The van der Waals surface area contributed by atoms with Gasteiger partial charge in [0, 0.05) is 23.6 Å². The summed E-state index contributed by atoms with van der Waals surface area (Å²) in [6, 6.07) is 7.56. The Morgan fingerprint density at radius 2 is 2.19 bits per heavy atom. The number of carboxylic acid groups (broad SMARTS) is 1. The number of rotatable bonds is 4. The molecule has 0 bridgehead atoms. The second kappa shape index (κ2) is 5.69. The highest BCUT2D eigenvalue weighted by Crippen LogP contribution is 2.26. The molecule has 0 saturated carbocycles. The molecule has 5 nitrogen and oxygen atoms in total. The summed E-state index contributed by atoms with van der Waals surface area (Å²) in [6.45, 7) is 2.88. The third-order valence-corrected chi connectivity index (χ3v) is 3.91. The maximum atomic E-state index is 11.3. The zero-order valence-corrected chi connectivity index (χ0v) is 11.9. The fourth-order valence-electron chi connectivity index (χ4n) is 2.78. The van der Waals surface area contributed by atoms with Crippen molar-refractivity contribution >= 4 is 22.6 Å². The van der Waals surface area contributed by atoms with Crippen LogP contribution in [0.3, 0.4) is 0 Å². The average Bonchev–Trinajstić information content (AvgIpc) is 3.01. The molecule has 3 rings (SSSR count). The SMILES string of the molecule is CC(Nc1ncc(C(=O)O)c2ccccc12)C1CCCO1. The lowest BCUT2D eigenvalue weighted by Gasteiger charge is -2.21. The number of aromatic nitrogens is 1. The number of benzene rings is 1. The molecular weight excluding hydrogens is 268 g/mol. The van der Waals surface area contributed by atoms with E-state index in [1.54, 1.807) is 0 Å². The predicted molar refractivity (Wildman–Crippen MR) is 80.8 cm³/mol. The summed E-state index contributed by atoms with van der Waals surface area (Å²) in [4.78, 5) is 15.6. The highest BCUT2D eigenvalue weighted by molar-refractivity contribution is 6.06. The van der Waals surface area contributed by atoms with Crippen LogP contribution < -0.4 is 5.32 Å². The van der Waals surface area contributed by atoms with Crippen molar-refractivity contribution in [1.29, 1.82) is 0 Å². The van der Waals surface area contributed by atoms with Gasteiger partial charge in [-0.3, -0.25) is 0 Å². The van der Waals surface area contributed by atoms with Crippen molar-refractivity contribution < 1.29 is 14.6 Å². The molecule has 1 saturated heterocycles. The number of aromatic carboxylic acids is 1. The van der Waals surface area contributed by atoms with Crippen LogP contribution in [0, 0.1) is 0 Å². The molecule has 0 aliphatic carbocycles. The number of hydrogen-bond donors (Lipinski definition) is 2. The molecule has 2 atom stereocenters. The van der Waals surface area contributed by atoms with Crippen molar-refractivity contribution in [2.24, 2.45) is 0 Å². The summed E-state index contributed by atoms with van der Waals surface area (Å²) in [7, 11) is 0. The summed E-state index contributed by atoms with van der Waals surface area (Å²) >= 11 is 0. The molecule has 1 aromatic carbocycles. The lowest BCUT2D eigenvalue weighted by Crippen LogP contribution is -2.30. The van der Waals surface area contributed by atoms with E-state index in [-0.39, 0.29) is 17.7 Å². The number of anilines is 1. The van der Waals surface area contributed by atoms with Crippen molar-refractivity contribution in [2.45, 2.75) is 31.9 Å². The number of ether oxygens (including phenoxy) is 1. The third kappa shape index (κ3) is 2.69. The molecule has 0 spiro atoms. The van der Waals surface area contributed by atoms with Gasteiger partial charge in [0.15, 0.2) is 0 Å². The van der Waals surface area contributed by atoms with Gasteiger partial charge in [-0.1, -0.05) is 24.3 Å². The monoisotopic (exact) mass is 286 g/mol. The zero-order valence-electron chi connectivity index (χ0n) is 11.9. The first kappa shape index (κ1) is 13.8. The molecule has 2 heterocycles. The van der Waals surface area contributed by atoms with E-state index in [0.29, 0.717) is 11.2 Å². The van der Waals surface area contributed by atoms with Gasteiger partial charge in [0.25, 0.3) is 0 Å². The first-order valence-electron chi connectivity index (χ1n) is 7.16. The van der Waals surface area contributed by atoms with Crippen molar-refractivity contribution in [3.05, 3.63) is 36.0 Å². The molecule has 2 N–H and O–H groups in total. The average molecular weight is 286 g/mol. The van der Waals surface area contributed by atoms with Gasteiger partial charge >= 0.3 is 5.97 Å². The Balaban J connectivity index is 1.95. The molecule has 21 heavy (non-hydrogen) atoms. The van der Waals surface area contributed by atoms with Crippen molar-refractivity contribution in [1.82, 2.24) is 4.98 Å². The first-order valence-corrected chi connectivity index (χ1v) is 7.16. The van der Waals surface area contributed by atoms with Crippen molar-refractivity contribution in [3.8, 4) is 0 Å². The van der Waals surface area contributed by atoms with E-state index >= 15 is 0 Å². The van der Waals surface area contributed by atoms with Crippen LogP contribution >= 0.6 is 0 Å². The zero-order chi connectivity index (χ0) is 14.8. The Hall–Kier alpha value is -2.14. The van der Waals surface area contributed by atoms with E-state index in [9.17, 15) is 9.90 Å². The van der Waals surface area contributed by atoms with Crippen LogP contribution in [-0.4, -0.2) is 34.8 Å². The Bertz CT molecular complexity index is 666. The van der Waals surface area contributed by atoms with Crippen LogP contribution in [0.1, 0.15) is 30.1 Å². The highest BCUT2D eigenvalue weighted by Gasteiger charge is 2.23. The van der Waals surface area contributed by atoms with Crippen molar-refractivity contribution in [3.63, 3.8) is 0 Å². The molecule has 1 aliphatic heterocycles. The third-order valence-electron chi connectivity index (χ3n) is 3.91. The van der Waals surface area contributed by atoms with Crippen LogP contribution in [0.4, 0.5) is 5.82 Å². The second-order valence-electron chi connectivity index (χ2n) is 5.36. The lowest BCUT2D eigenvalue weighted by atomic mass is 10.1. The summed E-state index contributed by atoms with van der Waals surface area (Å²) in [5, 5.41) is 14.1. The minimum absolute atomic E-state index is 0.138. The number of hydrogen-bond acceptors (Lipinski definition) is 4. The number of nitrogens with one attached hydrogen (secondary N) is 1. The first-order chi connectivity index (χ1) is 10.2. The molecule has 1 aliphatic rings. The van der Waals surface area contributed by atoms with Gasteiger partial charge in [0.05, 0.1) is 17.7 Å². The predicted octanol–water partition coefficient (Wildman–Crippen LogP) is 2.91. The lowest BCUT2D eigenvalue weighted by molar-refractivity contribution is 0.0698. The minimum Gasteiger partial charge on any atom is -0.478 e. The topological polar surface area (TPSA) is 71.5 Å². The summed E-state index contributed by atoms with van der Waals surface area (Å²) in [5.74, 6) is -0.254. The summed E-state index contributed by atoms with van der Waals surface area (Å²) in [6.07, 6.45) is 3.72. The molecule has 5 heteroatoms. The van der Waals surface area contributed by atoms with Gasteiger partial charge in [-0.05, 0) is 19.8 Å². The van der Waals surface area contributed by atoms with E-state index in [1.807, 2.05) is 24.3 Å². The quantitative estimate of drug-likeness (QED) is 0.904. The van der Waals surface area contributed by atoms with Crippen LogP contribution in [0.2, 0.25) is 0 Å². The molecule has 1 fully saturated rings. The van der Waals surface area contributed by atoms with Gasteiger partial charge in [-0.15, -0.1) is 0 Å². The molecule has 2 unspecified atom stereocenters. The molecule has 2 aromatic rings. The van der Waals surface area contributed by atoms with Gasteiger partial charge in [-0.25, -0.2) is 9.78 Å². The standard InChI is InChI=1S/C16H18N2O3/c1-10(14-7-4-8-21-14)18-15-12-6-3-2-5-11(12)13(9-17-15)16(19)20/h2-3,5-6,9-10,14H,4,7-8H2,1H3,(H,17,18)(H,19,20). The summed E-state index contributed by atoms with van der Waals surface area (Å²) in [5.41, 5.74) is 0.223. The fourth-order valence-corrected chi connectivity index (χ4v) is 2.78. The Labute approximate surface area is 123 Å². The maximum absolute atomic E-state index is 11.3. The molecular formula is C16H18N2O3. The number of carbonyl (C=O) groups is 1. The molecule has 0 amide bonds. The van der Waals surface area contributed by atoms with E-state index in [1.165, 1.54) is 6.20 Å². The largest absolute Gasteiger partial charge is 0.478 e. The van der Waals surface area contributed by atoms with Crippen molar-refractivity contribution in [2.75, 3.05) is 11.9 Å². The van der Waals surface area contributed by atoms with E-state index in [4.69, 9.17) is 4.74 Å². The Kier molecular flexibility index (Phi) is 3.75. The number of nitrogens with zero attached hydrogens (tertiary/aromatic N) is 1. The smallest absolute Gasteiger partial charge is 0.337 e. The normalized spacial score (nSPS) is 19.6. The van der Waals surface area contributed by atoms with Gasteiger partial charge in [0.2, 0.25) is 0 Å². The number of fused-ring (bicyclic) bond motifs is 1.